The van der Waals surface area contributed by atoms with Crippen LogP contribution in [0, 0.1) is 64.1 Å². The molecular weight excluding hydrogens is 739 g/mol. The van der Waals surface area contributed by atoms with Gasteiger partial charge in [0.15, 0.2) is 11.7 Å². The fraction of sp³-hybridized carbons (Fsp3) is 0.556. The maximum atomic E-state index is 15.1. The van der Waals surface area contributed by atoms with Gasteiger partial charge in [0, 0.05) is 54.4 Å². The summed E-state index contributed by atoms with van der Waals surface area (Å²) in [4.78, 5) is 23.4. The van der Waals surface area contributed by atoms with Crippen LogP contribution in [0.4, 0.5) is 5.69 Å². The van der Waals surface area contributed by atoms with E-state index >= 15 is 4.79 Å². The third-order valence-electron chi connectivity index (χ3n) is 13.5. The van der Waals surface area contributed by atoms with Crippen molar-refractivity contribution >= 4 is 40.1 Å². The first-order valence-electron chi connectivity index (χ1n) is 20.2. The molecule has 298 valence electrons. The average molecular weight is 796 g/mol. The third-order valence-corrected chi connectivity index (χ3v) is 15.8. The van der Waals surface area contributed by atoms with Crippen LogP contribution in [0.25, 0.3) is 9.75 Å². The van der Waals surface area contributed by atoms with Crippen molar-refractivity contribution in [3.8, 4) is 39.2 Å². The van der Waals surface area contributed by atoms with Gasteiger partial charge >= 0.3 is 0 Å². The topological polar surface area (TPSA) is 152 Å². The molecule has 2 spiro atoms. The van der Waals surface area contributed by atoms with Crippen LogP contribution in [0.2, 0.25) is 0 Å². The van der Waals surface area contributed by atoms with Crippen LogP contribution in [-0.2, 0) is 6.42 Å². The van der Waals surface area contributed by atoms with E-state index in [1.807, 2.05) is 20.0 Å². The number of guanidine groups is 1. The number of anilines is 1. The number of hydrogen-bond acceptors (Lipinski definition) is 9. The number of phenols is 1. The predicted molar refractivity (Wildman–Crippen MR) is 228 cm³/mol. The summed E-state index contributed by atoms with van der Waals surface area (Å²) in [6.07, 6.45) is 6.91. The summed E-state index contributed by atoms with van der Waals surface area (Å²) in [5.41, 5.74) is 8.43. The smallest absolute Gasteiger partial charge is 0.188 e. The lowest BCUT2D eigenvalue weighted by Gasteiger charge is -2.48. The van der Waals surface area contributed by atoms with Crippen LogP contribution >= 0.6 is 22.7 Å². The maximum Gasteiger partial charge on any atom is 0.188 e. The van der Waals surface area contributed by atoms with Crippen molar-refractivity contribution in [3.05, 3.63) is 57.3 Å². The van der Waals surface area contributed by atoms with Crippen molar-refractivity contribution in [2.24, 2.45) is 51.1 Å². The largest absolute Gasteiger partial charge is 0.508 e. The number of nitrogens with zero attached hydrogens (tertiary/aromatic N) is 1. The molecule has 3 fully saturated rings. The second-order valence-electron chi connectivity index (χ2n) is 16.8. The molecule has 8 N–H and O–H groups in total. The Hall–Kier alpha value is -3.84. The molecule has 0 aliphatic heterocycles. The number of benzene rings is 1. The van der Waals surface area contributed by atoms with Gasteiger partial charge in [0.05, 0.1) is 27.1 Å². The molecule has 2 heterocycles. The van der Waals surface area contributed by atoms with E-state index in [9.17, 15) is 15.3 Å². The first kappa shape index (κ1) is 40.4. The number of hydrogen-bond donors (Lipinski definition) is 7. The van der Waals surface area contributed by atoms with Crippen molar-refractivity contribution in [2.45, 2.75) is 83.8 Å². The molecule has 2 aromatic heterocycles. The van der Waals surface area contributed by atoms with Gasteiger partial charge < -0.3 is 37.0 Å². The first-order chi connectivity index (χ1) is 27.0. The Morgan fingerprint density at radius 1 is 1.14 bits per heavy atom. The molecular formula is C45H57N5O4S2. The summed E-state index contributed by atoms with van der Waals surface area (Å²) in [5.74, 6) is 14.7. The number of aliphatic hydroxyl groups is 2. The van der Waals surface area contributed by atoms with Crippen molar-refractivity contribution in [1.29, 1.82) is 0 Å². The van der Waals surface area contributed by atoms with E-state index in [1.54, 1.807) is 48.8 Å². The normalized spacial score (nSPS) is 30.2. The summed E-state index contributed by atoms with van der Waals surface area (Å²) < 4.78 is 0. The van der Waals surface area contributed by atoms with E-state index in [4.69, 9.17) is 5.73 Å². The number of aliphatic imine (C=N–C) groups is 1. The molecule has 56 heavy (non-hydrogen) atoms. The SMILES string of the molecule is CC#Cc1ccc(-c2ccc(C(=O)C3CCC4CC35CC(CC#Cc3c(cc(O)cc3NCC(C)O)CC4NC(N)=NC)C3(CCC(CNC)C3CO)C5)s2)s1. The van der Waals surface area contributed by atoms with Gasteiger partial charge in [0.25, 0.3) is 0 Å². The minimum atomic E-state index is -0.583. The Labute approximate surface area is 340 Å². The Kier molecular flexibility index (Phi) is 12.2. The zero-order valence-electron chi connectivity index (χ0n) is 33.1. The van der Waals surface area contributed by atoms with Crippen LogP contribution in [0.5, 0.6) is 5.75 Å². The zero-order chi connectivity index (χ0) is 39.6. The Balaban J connectivity index is 1.33. The monoisotopic (exact) mass is 795 g/mol. The van der Waals surface area contributed by atoms with Gasteiger partial charge in [-0.3, -0.25) is 9.79 Å². The van der Waals surface area contributed by atoms with E-state index < -0.39 is 6.10 Å². The maximum absolute atomic E-state index is 15.1. The van der Waals surface area contributed by atoms with Gasteiger partial charge in [-0.2, -0.15) is 0 Å². The molecule has 9 atom stereocenters. The highest BCUT2D eigenvalue weighted by molar-refractivity contribution is 7.23. The van der Waals surface area contributed by atoms with Crippen molar-refractivity contribution < 1.29 is 20.1 Å². The van der Waals surface area contributed by atoms with Gasteiger partial charge in [0.1, 0.15) is 5.75 Å². The number of carbonyl (C=O) groups excluding carboxylic acids is 1. The minimum Gasteiger partial charge on any atom is -0.508 e. The highest BCUT2D eigenvalue weighted by Gasteiger charge is 2.64. The fourth-order valence-corrected chi connectivity index (χ4v) is 13.3. The van der Waals surface area contributed by atoms with Crippen LogP contribution < -0.4 is 21.7 Å². The highest BCUT2D eigenvalue weighted by Crippen LogP contribution is 2.70. The Morgan fingerprint density at radius 2 is 1.95 bits per heavy atom. The molecule has 3 aromatic rings. The number of phenolic OH excluding ortho intramolecular Hbond substituents is 1. The molecule has 9 nitrogen and oxygen atoms in total. The number of rotatable bonds is 10. The summed E-state index contributed by atoms with van der Waals surface area (Å²) in [6.45, 7) is 4.87. The summed E-state index contributed by atoms with van der Waals surface area (Å²) in [6, 6.07) is 11.7. The van der Waals surface area contributed by atoms with Crippen molar-refractivity contribution in [1.82, 2.24) is 10.6 Å². The van der Waals surface area contributed by atoms with Crippen LogP contribution in [0.1, 0.15) is 90.9 Å². The summed E-state index contributed by atoms with van der Waals surface area (Å²) in [7, 11) is 3.68. The number of carbonyl (C=O) groups is 1. The third kappa shape index (κ3) is 7.86. The van der Waals surface area contributed by atoms with Gasteiger partial charge in [-0.1, -0.05) is 17.8 Å². The molecule has 11 heteroatoms. The second kappa shape index (κ2) is 16.9. The van der Waals surface area contributed by atoms with Crippen molar-refractivity contribution in [2.75, 3.05) is 39.1 Å². The number of fused-ring (bicyclic) bond motifs is 4. The number of nitrogens with one attached hydrogen (secondary N) is 3. The molecule has 1 aromatic carbocycles. The Bertz CT molecular complexity index is 2070. The highest BCUT2D eigenvalue weighted by atomic mass is 32.1. The van der Waals surface area contributed by atoms with Crippen LogP contribution in [-0.4, -0.2) is 73.0 Å². The first-order valence-corrected chi connectivity index (χ1v) is 21.8. The summed E-state index contributed by atoms with van der Waals surface area (Å²) in [5, 5.41) is 42.7. The quantitative estimate of drug-likeness (QED) is 0.0535. The lowest BCUT2D eigenvalue weighted by atomic mass is 9.57. The number of thiophene rings is 2. The lowest BCUT2D eigenvalue weighted by Crippen LogP contribution is -2.50. The van der Waals surface area contributed by atoms with Gasteiger partial charge in [0.2, 0.25) is 0 Å². The summed E-state index contributed by atoms with van der Waals surface area (Å²) >= 11 is 3.26. The van der Waals surface area contributed by atoms with E-state index in [-0.39, 0.29) is 58.7 Å². The number of ketones is 1. The van der Waals surface area contributed by atoms with E-state index in [2.05, 4.69) is 62.8 Å². The number of nitrogens with two attached hydrogens (primary N) is 1. The zero-order valence-corrected chi connectivity index (χ0v) is 34.7. The molecule has 3 bridgehead atoms. The standard InChI is InChI=1S/C45H57N5O4S2/c1-5-7-33-11-13-39(55-33)40-14-15-41(56-40)42(54)35-12-10-28-21-44(35)22-31(45(26-44)17-16-29(24-47-3)36(45)25-51)8-6-9-34-30(19-37(28)50-43(46)48-4)18-32(53)20-38(34)49-23-27(2)52/h11,13-15,18,20,27-29,31,35-37,47,49,51-53H,8,10,12,16-17,19,21-26H2,1-4H3,(H3,46,48,50). The van der Waals surface area contributed by atoms with E-state index in [1.165, 1.54) is 0 Å². The molecule has 4 aliphatic carbocycles. The van der Waals surface area contributed by atoms with Crippen LogP contribution in [0.3, 0.4) is 0 Å². The van der Waals surface area contributed by atoms with E-state index in [0.29, 0.717) is 37.0 Å². The van der Waals surface area contributed by atoms with Crippen LogP contribution in [0.15, 0.2) is 41.4 Å². The second-order valence-corrected chi connectivity index (χ2v) is 19.0. The molecule has 7 rings (SSSR count). The number of aliphatic hydroxyl groups excluding tert-OH is 2. The van der Waals surface area contributed by atoms with Gasteiger partial charge in [-0.25, -0.2) is 0 Å². The molecule has 3 saturated carbocycles. The molecule has 0 radical (unpaired) electrons. The number of aromatic hydroxyl groups is 1. The molecule has 0 saturated heterocycles. The van der Waals surface area contributed by atoms with E-state index in [0.717, 1.165) is 82.1 Å². The lowest BCUT2D eigenvalue weighted by molar-refractivity contribution is 0.0187. The number of Topliss-reactive ketones (excluding diaryl/α,β-unsaturated/α-hetero) is 1. The Morgan fingerprint density at radius 3 is 2.70 bits per heavy atom. The molecule has 9 unspecified atom stereocenters. The minimum absolute atomic E-state index is 0.110. The van der Waals surface area contributed by atoms with Gasteiger partial charge in [-0.05, 0) is 149 Å². The van der Waals surface area contributed by atoms with Crippen molar-refractivity contribution in [3.63, 3.8) is 0 Å². The molecule has 4 aliphatic rings. The average Bonchev–Trinajstić information content (AvgIpc) is 3.97. The predicted octanol–water partition coefficient (Wildman–Crippen LogP) is 6.47. The fourth-order valence-electron chi connectivity index (χ4n) is 11.3. The molecule has 0 amide bonds. The van der Waals surface area contributed by atoms with Gasteiger partial charge in [-0.15, -0.1) is 28.6 Å².